The minimum Gasteiger partial charge on any atom is -0.382 e. The molecule has 1 aliphatic heterocycles. The van der Waals surface area contributed by atoms with Crippen molar-refractivity contribution in [3.63, 3.8) is 0 Å². The summed E-state index contributed by atoms with van der Waals surface area (Å²) in [6.07, 6.45) is 2.24. The van der Waals surface area contributed by atoms with Gasteiger partial charge in [-0.3, -0.25) is 4.79 Å². The van der Waals surface area contributed by atoms with E-state index in [0.29, 0.717) is 12.1 Å². The Morgan fingerprint density at radius 1 is 1.26 bits per heavy atom. The summed E-state index contributed by atoms with van der Waals surface area (Å²) < 4.78 is 31.9. The van der Waals surface area contributed by atoms with Crippen LogP contribution in [0.4, 0.5) is 14.6 Å². The number of hydrogen-bond acceptors (Lipinski definition) is 5. The summed E-state index contributed by atoms with van der Waals surface area (Å²) in [5.41, 5.74) is 6.20. The molecule has 0 spiro atoms. The maximum absolute atomic E-state index is 13.4. The molecule has 1 aromatic heterocycles. The Hall–Kier alpha value is -2.61. The van der Waals surface area contributed by atoms with Gasteiger partial charge in [-0.25, -0.2) is 18.7 Å². The van der Waals surface area contributed by atoms with Crippen molar-refractivity contribution in [2.75, 3.05) is 25.4 Å². The highest BCUT2D eigenvalue weighted by molar-refractivity contribution is 5.96. The molecule has 0 aliphatic carbocycles. The molecule has 1 aromatic carbocycles. The number of halogens is 2. The van der Waals surface area contributed by atoms with E-state index in [4.69, 9.17) is 10.5 Å². The Labute approximate surface area is 130 Å². The van der Waals surface area contributed by atoms with Crippen LogP contribution in [0.5, 0.6) is 0 Å². The Morgan fingerprint density at radius 3 is 2.78 bits per heavy atom. The van der Waals surface area contributed by atoms with Gasteiger partial charge in [-0.15, -0.1) is 0 Å². The molecular formula is C15H14F2N4O2. The molecule has 120 valence electrons. The SMILES string of the molecule is Nc1nccnc1C(=O)N1CCOC(c2ccc(F)c(F)c2)C1. The van der Waals surface area contributed by atoms with Gasteiger partial charge in [0.05, 0.1) is 13.2 Å². The smallest absolute Gasteiger partial charge is 0.276 e. The number of morpholine rings is 1. The van der Waals surface area contributed by atoms with Crippen molar-refractivity contribution in [3.8, 4) is 0 Å². The number of benzene rings is 1. The number of nitrogen functional groups attached to an aromatic ring is 1. The third-order valence-corrected chi connectivity index (χ3v) is 3.60. The molecule has 23 heavy (non-hydrogen) atoms. The van der Waals surface area contributed by atoms with Gasteiger partial charge < -0.3 is 15.4 Å². The standard InChI is InChI=1S/C15H14F2N4O2/c16-10-2-1-9(7-11(10)17)12-8-21(5-6-23-12)15(22)13-14(18)20-4-3-19-13/h1-4,7,12H,5-6,8H2,(H2,18,20). The second-order valence-electron chi connectivity index (χ2n) is 5.07. The summed E-state index contributed by atoms with van der Waals surface area (Å²) in [4.78, 5) is 21.8. The van der Waals surface area contributed by atoms with Crippen LogP contribution in [0.3, 0.4) is 0 Å². The Bertz CT molecular complexity index is 741. The first-order chi connectivity index (χ1) is 11.1. The van der Waals surface area contributed by atoms with Gasteiger partial charge in [0.25, 0.3) is 5.91 Å². The van der Waals surface area contributed by atoms with E-state index in [2.05, 4.69) is 9.97 Å². The molecule has 1 amide bonds. The highest BCUT2D eigenvalue weighted by atomic mass is 19.2. The van der Waals surface area contributed by atoms with E-state index < -0.39 is 17.7 Å². The molecule has 3 rings (SSSR count). The molecule has 1 saturated heterocycles. The van der Waals surface area contributed by atoms with Gasteiger partial charge in [0.15, 0.2) is 23.1 Å². The quantitative estimate of drug-likeness (QED) is 0.908. The van der Waals surface area contributed by atoms with Crippen LogP contribution in [0.1, 0.15) is 22.2 Å². The number of anilines is 1. The van der Waals surface area contributed by atoms with Gasteiger partial charge in [-0.05, 0) is 17.7 Å². The minimum atomic E-state index is -0.951. The van der Waals surface area contributed by atoms with Crippen molar-refractivity contribution >= 4 is 11.7 Å². The maximum atomic E-state index is 13.4. The van der Waals surface area contributed by atoms with Crippen molar-refractivity contribution < 1.29 is 18.3 Å². The fourth-order valence-corrected chi connectivity index (χ4v) is 2.41. The van der Waals surface area contributed by atoms with Crippen LogP contribution in [0, 0.1) is 11.6 Å². The van der Waals surface area contributed by atoms with Crippen LogP contribution in [0.2, 0.25) is 0 Å². The Morgan fingerprint density at radius 2 is 2.04 bits per heavy atom. The molecule has 6 nitrogen and oxygen atoms in total. The fourth-order valence-electron chi connectivity index (χ4n) is 2.41. The number of nitrogens with two attached hydrogens (primary N) is 1. The number of amides is 1. The molecule has 1 aliphatic rings. The highest BCUT2D eigenvalue weighted by Gasteiger charge is 2.28. The zero-order chi connectivity index (χ0) is 16.4. The Kier molecular flexibility index (Phi) is 4.16. The van der Waals surface area contributed by atoms with E-state index in [1.165, 1.54) is 23.4 Å². The van der Waals surface area contributed by atoms with Crippen LogP contribution >= 0.6 is 0 Å². The third-order valence-electron chi connectivity index (χ3n) is 3.60. The lowest BCUT2D eigenvalue weighted by molar-refractivity contribution is -0.0231. The van der Waals surface area contributed by atoms with Crippen LogP contribution in [-0.4, -0.2) is 40.5 Å². The van der Waals surface area contributed by atoms with Crippen molar-refractivity contribution in [1.82, 2.24) is 14.9 Å². The average molecular weight is 320 g/mol. The molecule has 1 unspecified atom stereocenters. The third kappa shape index (κ3) is 3.11. The molecule has 2 aromatic rings. The molecule has 0 saturated carbocycles. The average Bonchev–Trinajstić information content (AvgIpc) is 2.57. The molecule has 1 atom stereocenters. The number of rotatable bonds is 2. The topological polar surface area (TPSA) is 81.3 Å². The van der Waals surface area contributed by atoms with Crippen LogP contribution in [-0.2, 0) is 4.74 Å². The largest absolute Gasteiger partial charge is 0.382 e. The zero-order valence-corrected chi connectivity index (χ0v) is 12.1. The monoisotopic (exact) mass is 320 g/mol. The molecule has 1 fully saturated rings. The first kappa shape index (κ1) is 15.3. The molecule has 8 heteroatoms. The van der Waals surface area contributed by atoms with E-state index in [0.717, 1.165) is 12.1 Å². The van der Waals surface area contributed by atoms with Gasteiger partial charge in [-0.2, -0.15) is 0 Å². The van der Waals surface area contributed by atoms with Crippen molar-refractivity contribution in [3.05, 3.63) is 53.5 Å². The number of nitrogens with zero attached hydrogens (tertiary/aromatic N) is 3. The predicted molar refractivity (Wildman–Crippen MR) is 77.4 cm³/mol. The Balaban J connectivity index is 1.79. The number of carbonyl (C=O) groups is 1. The van der Waals surface area contributed by atoms with E-state index in [9.17, 15) is 13.6 Å². The summed E-state index contributed by atoms with van der Waals surface area (Å²) in [6, 6.07) is 3.55. The summed E-state index contributed by atoms with van der Waals surface area (Å²) >= 11 is 0. The van der Waals surface area contributed by atoms with Crippen molar-refractivity contribution in [1.29, 1.82) is 0 Å². The number of carbonyl (C=O) groups excluding carboxylic acids is 1. The lowest BCUT2D eigenvalue weighted by atomic mass is 10.1. The number of hydrogen-bond donors (Lipinski definition) is 1. The lowest BCUT2D eigenvalue weighted by Gasteiger charge is -2.33. The van der Waals surface area contributed by atoms with Crippen LogP contribution in [0.25, 0.3) is 0 Å². The second kappa shape index (κ2) is 6.25. The van der Waals surface area contributed by atoms with Crippen molar-refractivity contribution in [2.45, 2.75) is 6.10 Å². The van der Waals surface area contributed by atoms with Gasteiger partial charge in [-0.1, -0.05) is 6.07 Å². The van der Waals surface area contributed by atoms with Gasteiger partial charge in [0.2, 0.25) is 0 Å². The molecule has 0 radical (unpaired) electrons. The fraction of sp³-hybridized carbons (Fsp3) is 0.267. The van der Waals surface area contributed by atoms with Gasteiger partial charge >= 0.3 is 0 Å². The van der Waals surface area contributed by atoms with Crippen LogP contribution in [0.15, 0.2) is 30.6 Å². The van der Waals surface area contributed by atoms with E-state index >= 15 is 0 Å². The molecule has 2 N–H and O–H groups in total. The van der Waals surface area contributed by atoms with Gasteiger partial charge in [0, 0.05) is 18.9 Å². The van der Waals surface area contributed by atoms with E-state index in [1.807, 2.05) is 0 Å². The normalized spacial score (nSPS) is 18.0. The van der Waals surface area contributed by atoms with E-state index in [-0.39, 0.29) is 30.6 Å². The molecular weight excluding hydrogens is 306 g/mol. The number of aromatic nitrogens is 2. The summed E-state index contributed by atoms with van der Waals surface area (Å²) in [5, 5.41) is 0. The maximum Gasteiger partial charge on any atom is 0.276 e. The van der Waals surface area contributed by atoms with Crippen LogP contribution < -0.4 is 5.73 Å². The summed E-state index contributed by atoms with van der Waals surface area (Å²) in [6.45, 7) is 0.824. The molecule has 2 heterocycles. The number of ether oxygens (including phenoxy) is 1. The summed E-state index contributed by atoms with van der Waals surface area (Å²) in [5.74, 6) is -2.20. The second-order valence-corrected chi connectivity index (χ2v) is 5.07. The minimum absolute atomic E-state index is 0.0494. The predicted octanol–water partition coefficient (Wildman–Crippen LogP) is 1.55. The zero-order valence-electron chi connectivity index (χ0n) is 12.1. The molecule has 0 bridgehead atoms. The van der Waals surface area contributed by atoms with E-state index in [1.54, 1.807) is 0 Å². The summed E-state index contributed by atoms with van der Waals surface area (Å²) in [7, 11) is 0. The van der Waals surface area contributed by atoms with Crippen molar-refractivity contribution in [2.24, 2.45) is 0 Å². The highest BCUT2D eigenvalue weighted by Crippen LogP contribution is 2.25. The first-order valence-corrected chi connectivity index (χ1v) is 6.98. The first-order valence-electron chi connectivity index (χ1n) is 6.98. The lowest BCUT2D eigenvalue weighted by Crippen LogP contribution is -2.42. The van der Waals surface area contributed by atoms with Gasteiger partial charge in [0.1, 0.15) is 6.10 Å².